The van der Waals surface area contributed by atoms with E-state index in [9.17, 15) is 13.2 Å². The molecule has 0 saturated heterocycles. The lowest BCUT2D eigenvalue weighted by molar-refractivity contribution is -0.146. The highest BCUT2D eigenvalue weighted by molar-refractivity contribution is 5.70. The third kappa shape index (κ3) is 3.69. The first kappa shape index (κ1) is 16.9. The molecule has 0 aliphatic heterocycles. The zero-order valence-corrected chi connectivity index (χ0v) is 11.8. The fraction of sp³-hybridized carbons (Fsp3) is 0.286. The zero-order valence-electron chi connectivity index (χ0n) is 11.8. The number of halogens is 3. The van der Waals surface area contributed by atoms with Gasteiger partial charge in [0.2, 0.25) is 5.82 Å². The van der Waals surface area contributed by atoms with Crippen LogP contribution < -0.4 is 0 Å². The lowest BCUT2D eigenvalue weighted by atomic mass is 10.1. The van der Waals surface area contributed by atoms with Crippen molar-refractivity contribution in [3.8, 4) is 0 Å². The first-order chi connectivity index (χ1) is 9.59. The Morgan fingerprint density at radius 1 is 1.24 bits per heavy atom. The van der Waals surface area contributed by atoms with Crippen LogP contribution in [0, 0.1) is 0 Å². The van der Waals surface area contributed by atoms with E-state index >= 15 is 0 Å². The van der Waals surface area contributed by atoms with Crippen LogP contribution in [0.15, 0.2) is 37.0 Å². The van der Waals surface area contributed by atoms with Crippen molar-refractivity contribution >= 4 is 11.3 Å². The van der Waals surface area contributed by atoms with Crippen molar-refractivity contribution in [1.29, 1.82) is 0 Å². The minimum Gasteiger partial charge on any atom is -0.392 e. The van der Waals surface area contributed by atoms with Crippen LogP contribution in [0.25, 0.3) is 11.3 Å². The van der Waals surface area contributed by atoms with Crippen molar-refractivity contribution < 1.29 is 18.3 Å². The molecule has 0 unspecified atom stereocenters. The molecule has 0 saturated carbocycles. The van der Waals surface area contributed by atoms with Gasteiger partial charge in [-0.25, -0.2) is 0 Å². The lowest BCUT2D eigenvalue weighted by Crippen LogP contribution is -2.16. The van der Waals surface area contributed by atoms with Crippen LogP contribution in [0.2, 0.25) is 0 Å². The summed E-state index contributed by atoms with van der Waals surface area (Å²) in [6.45, 7) is 13.5. The highest BCUT2D eigenvalue weighted by Gasteiger charge is 2.39. The summed E-state index contributed by atoms with van der Waals surface area (Å²) in [5, 5.41) is 15.8. The number of hydrogen-bond acceptors (Lipinski definition) is 3. The van der Waals surface area contributed by atoms with E-state index in [0.29, 0.717) is 11.1 Å². The molecule has 0 spiro atoms. The molecule has 0 fully saturated rings. The molecule has 1 heterocycles. The number of allylic oxidation sites excluding steroid dienone is 3. The van der Waals surface area contributed by atoms with Crippen molar-refractivity contribution in [2.24, 2.45) is 0 Å². The molecule has 1 aromatic heterocycles. The van der Waals surface area contributed by atoms with Crippen molar-refractivity contribution in [2.45, 2.75) is 20.0 Å². The predicted octanol–water partition coefficient (Wildman–Crippen LogP) is 3.30. The van der Waals surface area contributed by atoms with Gasteiger partial charge in [0.25, 0.3) is 0 Å². The molecule has 0 bridgehead atoms. The molecule has 1 rings (SSSR count). The highest BCUT2D eigenvalue weighted by atomic mass is 19.4. The van der Waals surface area contributed by atoms with Gasteiger partial charge in [0, 0.05) is 0 Å². The van der Waals surface area contributed by atoms with E-state index in [-0.39, 0.29) is 23.7 Å². The van der Waals surface area contributed by atoms with E-state index in [1.54, 1.807) is 6.92 Å². The van der Waals surface area contributed by atoms with E-state index in [1.807, 2.05) is 0 Å². The topological polar surface area (TPSA) is 50.9 Å². The second-order valence-electron chi connectivity index (χ2n) is 4.59. The SMILES string of the molecule is C=C(/C=C(\C(=C)C)n1c(C(=C)C)nnc1C(F)(F)F)CO. The number of alkyl halides is 3. The van der Waals surface area contributed by atoms with Crippen LogP contribution >= 0.6 is 0 Å². The second-order valence-corrected chi connectivity index (χ2v) is 4.59. The Morgan fingerprint density at radius 3 is 2.19 bits per heavy atom. The van der Waals surface area contributed by atoms with E-state index in [1.165, 1.54) is 13.0 Å². The summed E-state index contributed by atoms with van der Waals surface area (Å²) in [4.78, 5) is 0. The van der Waals surface area contributed by atoms with Gasteiger partial charge in [-0.15, -0.1) is 10.2 Å². The maximum Gasteiger partial charge on any atom is 0.452 e. The Kier molecular flexibility index (Phi) is 4.90. The number of aliphatic hydroxyl groups is 1. The first-order valence-corrected chi connectivity index (χ1v) is 5.94. The van der Waals surface area contributed by atoms with E-state index in [4.69, 9.17) is 5.11 Å². The van der Waals surface area contributed by atoms with Crippen molar-refractivity contribution in [2.75, 3.05) is 6.61 Å². The molecule has 4 nitrogen and oxygen atoms in total. The Labute approximate surface area is 120 Å². The fourth-order valence-corrected chi connectivity index (χ4v) is 1.59. The van der Waals surface area contributed by atoms with Crippen LogP contribution in [-0.4, -0.2) is 26.5 Å². The van der Waals surface area contributed by atoms with E-state index in [0.717, 1.165) is 4.57 Å². The van der Waals surface area contributed by atoms with Gasteiger partial charge in [-0.2, -0.15) is 13.2 Å². The third-order valence-electron chi connectivity index (χ3n) is 2.52. The van der Waals surface area contributed by atoms with Crippen molar-refractivity contribution in [3.05, 3.63) is 48.6 Å². The van der Waals surface area contributed by atoms with E-state index < -0.39 is 12.0 Å². The van der Waals surface area contributed by atoms with Gasteiger partial charge in [0.15, 0.2) is 5.82 Å². The predicted molar refractivity (Wildman–Crippen MR) is 75.0 cm³/mol. The summed E-state index contributed by atoms with van der Waals surface area (Å²) < 4.78 is 40.1. The standard InChI is InChI=1S/C14H16F3N3O/c1-8(2)11(6-10(5)7-21)20-12(9(3)4)18-19-13(20)14(15,16)17/h6,21H,1,3,5,7H2,2,4H3/b11-6+. The number of aliphatic hydroxyl groups excluding tert-OH is 1. The summed E-state index contributed by atoms with van der Waals surface area (Å²) in [6, 6.07) is 0. The number of nitrogens with zero attached hydrogens (tertiary/aromatic N) is 3. The van der Waals surface area contributed by atoms with Gasteiger partial charge in [-0.05, 0) is 36.6 Å². The summed E-state index contributed by atoms with van der Waals surface area (Å²) >= 11 is 0. The van der Waals surface area contributed by atoms with Crippen LogP contribution in [0.3, 0.4) is 0 Å². The number of hydrogen-bond donors (Lipinski definition) is 1. The monoisotopic (exact) mass is 299 g/mol. The van der Waals surface area contributed by atoms with Crippen LogP contribution in [0.4, 0.5) is 13.2 Å². The number of aromatic nitrogens is 3. The Balaban J connectivity index is 3.67. The quantitative estimate of drug-likeness (QED) is 0.849. The molecule has 114 valence electrons. The van der Waals surface area contributed by atoms with Gasteiger partial charge < -0.3 is 5.11 Å². The Bertz CT molecular complexity index is 624. The van der Waals surface area contributed by atoms with Gasteiger partial charge >= 0.3 is 6.18 Å². The zero-order chi connectivity index (χ0) is 16.4. The van der Waals surface area contributed by atoms with Gasteiger partial charge in [-0.3, -0.25) is 4.57 Å². The van der Waals surface area contributed by atoms with E-state index in [2.05, 4.69) is 29.9 Å². The summed E-state index contributed by atoms with van der Waals surface area (Å²) in [7, 11) is 0. The smallest absolute Gasteiger partial charge is 0.392 e. The summed E-state index contributed by atoms with van der Waals surface area (Å²) in [6.07, 6.45) is -3.37. The van der Waals surface area contributed by atoms with Crippen LogP contribution in [-0.2, 0) is 6.18 Å². The Morgan fingerprint density at radius 2 is 1.81 bits per heavy atom. The molecule has 0 amide bonds. The molecule has 0 radical (unpaired) electrons. The van der Waals surface area contributed by atoms with Crippen molar-refractivity contribution in [3.63, 3.8) is 0 Å². The minimum absolute atomic E-state index is 0.0256. The molecule has 1 aromatic rings. The molecule has 0 aliphatic carbocycles. The first-order valence-electron chi connectivity index (χ1n) is 5.94. The van der Waals surface area contributed by atoms with Crippen LogP contribution in [0.5, 0.6) is 0 Å². The normalized spacial score (nSPS) is 12.4. The minimum atomic E-state index is -4.68. The Hall–Kier alpha value is -2.15. The molecule has 0 aliphatic rings. The maximum atomic E-state index is 13.1. The summed E-state index contributed by atoms with van der Waals surface area (Å²) in [5.41, 5.74) is 1.00. The number of rotatable bonds is 5. The molecule has 7 heteroatoms. The summed E-state index contributed by atoms with van der Waals surface area (Å²) in [5.74, 6) is -1.21. The largest absolute Gasteiger partial charge is 0.452 e. The molecular formula is C14H16F3N3O. The van der Waals surface area contributed by atoms with Gasteiger partial charge in [-0.1, -0.05) is 19.7 Å². The highest BCUT2D eigenvalue weighted by Crippen LogP contribution is 2.33. The van der Waals surface area contributed by atoms with Gasteiger partial charge in [0.05, 0.1) is 12.3 Å². The van der Waals surface area contributed by atoms with Gasteiger partial charge in [0.1, 0.15) is 0 Å². The molecule has 21 heavy (non-hydrogen) atoms. The van der Waals surface area contributed by atoms with Crippen LogP contribution in [0.1, 0.15) is 25.5 Å². The second kappa shape index (κ2) is 6.09. The molecule has 0 atom stereocenters. The molecular weight excluding hydrogens is 283 g/mol. The molecule has 1 N–H and O–H groups in total. The lowest BCUT2D eigenvalue weighted by Gasteiger charge is -2.16. The average Bonchev–Trinajstić information content (AvgIpc) is 2.79. The molecule has 0 aromatic carbocycles. The third-order valence-corrected chi connectivity index (χ3v) is 2.52. The van der Waals surface area contributed by atoms with Crippen molar-refractivity contribution in [1.82, 2.24) is 14.8 Å². The maximum absolute atomic E-state index is 13.1. The average molecular weight is 299 g/mol. The fourth-order valence-electron chi connectivity index (χ4n) is 1.59.